The number of para-hydroxylation sites is 1. The van der Waals surface area contributed by atoms with Crippen molar-refractivity contribution in [2.24, 2.45) is 0 Å². The van der Waals surface area contributed by atoms with Crippen LogP contribution in [0.3, 0.4) is 0 Å². The van der Waals surface area contributed by atoms with Crippen molar-refractivity contribution in [2.75, 3.05) is 10.6 Å². The number of anilines is 4. The van der Waals surface area contributed by atoms with Crippen molar-refractivity contribution >= 4 is 23.0 Å². The number of rotatable bonds is 4. The van der Waals surface area contributed by atoms with Gasteiger partial charge < -0.3 is 10.6 Å². The zero-order valence-corrected chi connectivity index (χ0v) is 13.6. The summed E-state index contributed by atoms with van der Waals surface area (Å²) >= 11 is 0. The summed E-state index contributed by atoms with van der Waals surface area (Å²) in [6.07, 6.45) is 0. The highest BCUT2D eigenvalue weighted by Gasteiger charge is 2.04. The first-order valence-electron chi connectivity index (χ1n) is 7.62. The Morgan fingerprint density at radius 1 is 0.739 bits per heavy atom. The standard InChI is InChI=1S/C19H20N4/c1-13-8-10-16(11-9-13)22-18-12-19(21-15(3)20-18)23-17-7-5-4-6-14(17)2/h4-12H,1-3H3,(H2,20,21,22,23). The van der Waals surface area contributed by atoms with Crippen molar-refractivity contribution in [1.82, 2.24) is 9.97 Å². The third-order valence-corrected chi connectivity index (χ3v) is 3.57. The summed E-state index contributed by atoms with van der Waals surface area (Å²) in [6.45, 7) is 6.04. The molecule has 0 amide bonds. The van der Waals surface area contributed by atoms with Gasteiger partial charge in [0.2, 0.25) is 0 Å². The molecule has 1 aromatic heterocycles. The Balaban J connectivity index is 1.84. The molecule has 0 aliphatic carbocycles. The first kappa shape index (κ1) is 15.0. The SMILES string of the molecule is Cc1ccc(Nc2cc(Nc3ccccc3C)nc(C)n2)cc1. The molecule has 2 N–H and O–H groups in total. The van der Waals surface area contributed by atoms with Gasteiger partial charge in [-0.1, -0.05) is 35.9 Å². The molecule has 0 spiro atoms. The summed E-state index contributed by atoms with van der Waals surface area (Å²) in [4.78, 5) is 8.92. The van der Waals surface area contributed by atoms with E-state index >= 15 is 0 Å². The smallest absolute Gasteiger partial charge is 0.136 e. The fourth-order valence-electron chi connectivity index (χ4n) is 2.33. The minimum Gasteiger partial charge on any atom is -0.340 e. The highest BCUT2D eigenvalue weighted by atomic mass is 15.1. The summed E-state index contributed by atoms with van der Waals surface area (Å²) in [5.41, 5.74) is 4.47. The van der Waals surface area contributed by atoms with E-state index in [4.69, 9.17) is 0 Å². The molecule has 0 fully saturated rings. The molecule has 3 aromatic rings. The van der Waals surface area contributed by atoms with Crippen molar-refractivity contribution < 1.29 is 0 Å². The van der Waals surface area contributed by atoms with Crippen LogP contribution >= 0.6 is 0 Å². The van der Waals surface area contributed by atoms with Gasteiger partial charge in [0.25, 0.3) is 0 Å². The Morgan fingerprint density at radius 2 is 1.39 bits per heavy atom. The van der Waals surface area contributed by atoms with Gasteiger partial charge in [0.15, 0.2) is 0 Å². The van der Waals surface area contributed by atoms with Gasteiger partial charge in [0, 0.05) is 17.4 Å². The number of hydrogen-bond acceptors (Lipinski definition) is 4. The van der Waals surface area contributed by atoms with Crippen LogP contribution in [0, 0.1) is 20.8 Å². The van der Waals surface area contributed by atoms with E-state index in [1.54, 1.807) is 0 Å². The van der Waals surface area contributed by atoms with Crippen LogP contribution in [0.4, 0.5) is 23.0 Å². The topological polar surface area (TPSA) is 49.8 Å². The Bertz CT molecular complexity index is 810. The van der Waals surface area contributed by atoms with Crippen molar-refractivity contribution in [1.29, 1.82) is 0 Å². The molecule has 0 unspecified atom stereocenters. The van der Waals surface area contributed by atoms with Crippen LogP contribution in [-0.2, 0) is 0 Å². The predicted molar refractivity (Wildman–Crippen MR) is 95.7 cm³/mol. The second-order valence-corrected chi connectivity index (χ2v) is 5.62. The fraction of sp³-hybridized carbons (Fsp3) is 0.158. The maximum atomic E-state index is 4.46. The summed E-state index contributed by atoms with van der Waals surface area (Å²) in [7, 11) is 0. The largest absolute Gasteiger partial charge is 0.340 e. The Kier molecular flexibility index (Phi) is 4.24. The average molecular weight is 304 g/mol. The summed E-state index contributed by atoms with van der Waals surface area (Å²) in [5.74, 6) is 2.28. The summed E-state index contributed by atoms with van der Waals surface area (Å²) < 4.78 is 0. The van der Waals surface area contributed by atoms with Crippen LogP contribution in [0.5, 0.6) is 0 Å². The van der Waals surface area contributed by atoms with Crippen LogP contribution < -0.4 is 10.6 Å². The van der Waals surface area contributed by atoms with Crippen molar-refractivity contribution in [3.05, 3.63) is 71.5 Å². The third-order valence-electron chi connectivity index (χ3n) is 3.57. The summed E-state index contributed by atoms with van der Waals surface area (Å²) in [5, 5.41) is 6.68. The van der Waals surface area contributed by atoms with Gasteiger partial charge >= 0.3 is 0 Å². The molecule has 3 rings (SSSR count). The Hall–Kier alpha value is -2.88. The van der Waals surface area contributed by atoms with E-state index in [1.165, 1.54) is 11.1 Å². The number of nitrogens with one attached hydrogen (secondary N) is 2. The zero-order valence-electron chi connectivity index (χ0n) is 13.6. The van der Waals surface area contributed by atoms with Gasteiger partial charge in [-0.25, -0.2) is 9.97 Å². The Morgan fingerprint density at radius 3 is 2.09 bits per heavy atom. The van der Waals surface area contributed by atoms with E-state index in [-0.39, 0.29) is 0 Å². The van der Waals surface area contributed by atoms with E-state index in [9.17, 15) is 0 Å². The number of nitrogens with zero attached hydrogens (tertiary/aromatic N) is 2. The molecule has 0 bridgehead atoms. The molecular formula is C19H20N4. The molecule has 4 heteroatoms. The van der Waals surface area contributed by atoms with Crippen molar-refractivity contribution in [2.45, 2.75) is 20.8 Å². The molecule has 0 atom stereocenters. The molecule has 2 aromatic carbocycles. The lowest BCUT2D eigenvalue weighted by Gasteiger charge is -2.12. The van der Waals surface area contributed by atoms with E-state index in [0.29, 0.717) is 0 Å². The molecule has 0 saturated heterocycles. The summed E-state index contributed by atoms with van der Waals surface area (Å²) in [6, 6.07) is 18.3. The van der Waals surface area contributed by atoms with E-state index < -0.39 is 0 Å². The first-order valence-corrected chi connectivity index (χ1v) is 7.62. The molecular weight excluding hydrogens is 284 g/mol. The maximum Gasteiger partial charge on any atom is 0.136 e. The highest BCUT2D eigenvalue weighted by molar-refractivity contribution is 5.65. The number of hydrogen-bond donors (Lipinski definition) is 2. The molecule has 0 aliphatic heterocycles. The normalized spacial score (nSPS) is 10.4. The molecule has 4 nitrogen and oxygen atoms in total. The second kappa shape index (κ2) is 6.48. The predicted octanol–water partition coefficient (Wildman–Crippen LogP) is 4.89. The molecule has 0 saturated carbocycles. The van der Waals surface area contributed by atoms with Crippen LogP contribution in [-0.4, -0.2) is 9.97 Å². The lowest BCUT2D eigenvalue weighted by Crippen LogP contribution is -2.02. The number of aryl methyl sites for hydroxylation is 3. The third kappa shape index (κ3) is 3.86. The van der Waals surface area contributed by atoms with Crippen molar-refractivity contribution in [3.8, 4) is 0 Å². The molecule has 0 radical (unpaired) electrons. The minimum atomic E-state index is 0.721. The van der Waals surface area contributed by atoms with Crippen LogP contribution in [0.1, 0.15) is 17.0 Å². The van der Waals surface area contributed by atoms with E-state index in [1.807, 2.05) is 43.3 Å². The minimum absolute atomic E-state index is 0.721. The molecule has 116 valence electrons. The van der Waals surface area contributed by atoms with Crippen LogP contribution in [0.2, 0.25) is 0 Å². The van der Waals surface area contributed by atoms with E-state index in [2.05, 4.69) is 52.6 Å². The maximum absolute atomic E-state index is 4.46. The fourth-order valence-corrected chi connectivity index (χ4v) is 2.33. The molecule has 1 heterocycles. The van der Waals surface area contributed by atoms with Gasteiger partial charge in [0.05, 0.1) is 0 Å². The van der Waals surface area contributed by atoms with Gasteiger partial charge in [-0.15, -0.1) is 0 Å². The monoisotopic (exact) mass is 304 g/mol. The Labute approximate surface area is 136 Å². The van der Waals surface area contributed by atoms with Gasteiger partial charge in [-0.05, 0) is 44.5 Å². The average Bonchev–Trinajstić information content (AvgIpc) is 2.51. The van der Waals surface area contributed by atoms with Crippen molar-refractivity contribution in [3.63, 3.8) is 0 Å². The molecule has 23 heavy (non-hydrogen) atoms. The number of benzene rings is 2. The van der Waals surface area contributed by atoms with Crippen LogP contribution in [0.15, 0.2) is 54.6 Å². The van der Waals surface area contributed by atoms with Gasteiger partial charge in [-0.3, -0.25) is 0 Å². The zero-order chi connectivity index (χ0) is 16.2. The van der Waals surface area contributed by atoms with E-state index in [0.717, 1.165) is 28.8 Å². The van der Waals surface area contributed by atoms with Crippen LogP contribution in [0.25, 0.3) is 0 Å². The highest BCUT2D eigenvalue weighted by Crippen LogP contribution is 2.22. The van der Waals surface area contributed by atoms with Gasteiger partial charge in [0.1, 0.15) is 17.5 Å². The van der Waals surface area contributed by atoms with Gasteiger partial charge in [-0.2, -0.15) is 0 Å². The first-order chi connectivity index (χ1) is 11.1. The number of aromatic nitrogens is 2. The quantitative estimate of drug-likeness (QED) is 0.720. The molecule has 0 aliphatic rings. The lowest BCUT2D eigenvalue weighted by atomic mass is 10.2. The lowest BCUT2D eigenvalue weighted by molar-refractivity contribution is 1.06. The second-order valence-electron chi connectivity index (χ2n) is 5.62.